The maximum Gasteiger partial charge on any atom is 0.273 e. The number of hydrogen-bond acceptors (Lipinski definition) is 7. The van der Waals surface area contributed by atoms with E-state index in [-0.39, 0.29) is 23.8 Å². The summed E-state index contributed by atoms with van der Waals surface area (Å²) in [6, 6.07) is 9.31. The minimum atomic E-state index is -0.352. The summed E-state index contributed by atoms with van der Waals surface area (Å²) in [7, 11) is 3.17. The average molecular weight is 479 g/mol. The number of piperazine rings is 1. The number of methoxy groups -OCH3 is 2. The van der Waals surface area contributed by atoms with Crippen LogP contribution in [-0.2, 0) is 0 Å². The molecule has 8 nitrogen and oxygen atoms in total. The molecule has 2 fully saturated rings. The van der Waals surface area contributed by atoms with Crippen LogP contribution in [0.2, 0.25) is 0 Å². The Morgan fingerprint density at radius 2 is 1.63 bits per heavy atom. The van der Waals surface area contributed by atoms with Gasteiger partial charge >= 0.3 is 0 Å². The molecule has 182 valence electrons. The van der Waals surface area contributed by atoms with Gasteiger partial charge < -0.3 is 24.0 Å². The number of aryl methyl sites for hydroxylation is 1. The summed E-state index contributed by atoms with van der Waals surface area (Å²) in [5.41, 5.74) is 2.15. The number of carbonyl (C=O) groups excluding carboxylic acids is 1. The third-order valence-electron chi connectivity index (χ3n) is 6.57. The highest BCUT2D eigenvalue weighted by Gasteiger charge is 2.44. The number of ether oxygens (including phenoxy) is 3. The van der Waals surface area contributed by atoms with Gasteiger partial charge in [-0.3, -0.25) is 9.78 Å². The average Bonchev–Trinajstić information content (AvgIpc) is 3.14. The summed E-state index contributed by atoms with van der Waals surface area (Å²) >= 11 is 0. The number of halogens is 1. The number of carbonyl (C=O) groups is 1. The van der Waals surface area contributed by atoms with Gasteiger partial charge in [-0.15, -0.1) is 0 Å². The Kier molecular flexibility index (Phi) is 6.15. The van der Waals surface area contributed by atoms with Gasteiger partial charge in [0, 0.05) is 30.9 Å². The summed E-state index contributed by atoms with van der Waals surface area (Å²) in [4.78, 5) is 26.5. The van der Waals surface area contributed by atoms with Crippen LogP contribution < -0.4 is 19.1 Å². The fraction of sp³-hybridized carbons (Fsp3) is 0.346. The van der Waals surface area contributed by atoms with E-state index in [9.17, 15) is 9.18 Å². The zero-order chi connectivity index (χ0) is 24.5. The molecule has 4 heterocycles. The smallest absolute Gasteiger partial charge is 0.273 e. The molecule has 2 bridgehead atoms. The first kappa shape index (κ1) is 22.9. The maximum absolute atomic E-state index is 13.5. The third-order valence-corrected chi connectivity index (χ3v) is 6.57. The molecule has 0 radical (unpaired) electrons. The number of aromatic nitrogens is 2. The van der Waals surface area contributed by atoms with E-state index >= 15 is 0 Å². The van der Waals surface area contributed by atoms with Crippen LogP contribution in [0.3, 0.4) is 0 Å². The highest BCUT2D eigenvalue weighted by atomic mass is 19.1. The van der Waals surface area contributed by atoms with Crippen LogP contribution in [0.5, 0.6) is 23.0 Å². The fourth-order valence-electron chi connectivity index (χ4n) is 4.90. The highest BCUT2D eigenvalue weighted by molar-refractivity contribution is 5.94. The SMILES string of the molecule is COc1cc(C(=O)N2C3CCC2CN(c2cnc(C)cc2OC)C3)ncc1Oc1ccc(F)cc1. The lowest BCUT2D eigenvalue weighted by Gasteiger charge is -2.42. The second-order valence-corrected chi connectivity index (χ2v) is 8.78. The lowest BCUT2D eigenvalue weighted by atomic mass is 10.1. The van der Waals surface area contributed by atoms with E-state index in [1.54, 1.807) is 13.2 Å². The van der Waals surface area contributed by atoms with Crippen molar-refractivity contribution in [2.24, 2.45) is 0 Å². The molecule has 0 aliphatic carbocycles. The van der Waals surface area contributed by atoms with Gasteiger partial charge in [0.25, 0.3) is 5.91 Å². The lowest BCUT2D eigenvalue weighted by molar-refractivity contribution is 0.0634. The Labute approximate surface area is 203 Å². The normalized spacial score (nSPS) is 19.0. The van der Waals surface area contributed by atoms with Gasteiger partial charge in [0.2, 0.25) is 0 Å². The van der Waals surface area contributed by atoms with Gasteiger partial charge in [-0.25, -0.2) is 9.37 Å². The molecule has 1 aromatic carbocycles. The molecule has 2 unspecified atom stereocenters. The number of amides is 1. The Morgan fingerprint density at radius 1 is 0.943 bits per heavy atom. The Morgan fingerprint density at radius 3 is 2.29 bits per heavy atom. The van der Waals surface area contributed by atoms with E-state index in [2.05, 4.69) is 14.9 Å². The number of anilines is 1. The molecule has 0 spiro atoms. The summed E-state index contributed by atoms with van der Waals surface area (Å²) in [5, 5.41) is 0. The molecule has 3 aromatic rings. The molecular weight excluding hydrogens is 451 g/mol. The number of rotatable bonds is 6. The van der Waals surface area contributed by atoms with Crippen LogP contribution in [0.15, 0.2) is 48.8 Å². The molecule has 35 heavy (non-hydrogen) atoms. The van der Waals surface area contributed by atoms with Crippen molar-refractivity contribution < 1.29 is 23.4 Å². The van der Waals surface area contributed by atoms with Gasteiger partial charge in [-0.1, -0.05) is 0 Å². The van der Waals surface area contributed by atoms with E-state index in [0.29, 0.717) is 36.0 Å². The summed E-state index contributed by atoms with van der Waals surface area (Å²) < 4.78 is 30.0. The molecule has 1 amide bonds. The maximum atomic E-state index is 13.5. The van der Waals surface area contributed by atoms with E-state index in [4.69, 9.17) is 14.2 Å². The number of nitrogens with zero attached hydrogens (tertiary/aromatic N) is 4. The first-order valence-corrected chi connectivity index (χ1v) is 11.5. The molecule has 5 rings (SSSR count). The van der Waals surface area contributed by atoms with Crippen molar-refractivity contribution in [2.45, 2.75) is 31.8 Å². The van der Waals surface area contributed by atoms with Gasteiger partial charge in [-0.2, -0.15) is 0 Å². The summed E-state index contributed by atoms with van der Waals surface area (Å²) in [6.45, 7) is 3.34. The van der Waals surface area contributed by atoms with Crippen molar-refractivity contribution in [1.82, 2.24) is 14.9 Å². The van der Waals surface area contributed by atoms with Crippen LogP contribution in [-0.4, -0.2) is 60.2 Å². The van der Waals surface area contributed by atoms with Crippen LogP contribution in [0.1, 0.15) is 29.0 Å². The quantitative estimate of drug-likeness (QED) is 0.525. The molecule has 2 saturated heterocycles. The minimum Gasteiger partial charge on any atom is -0.494 e. The van der Waals surface area contributed by atoms with Crippen LogP contribution in [0.4, 0.5) is 10.1 Å². The van der Waals surface area contributed by atoms with E-state index in [0.717, 1.165) is 30.0 Å². The minimum absolute atomic E-state index is 0.0650. The second-order valence-electron chi connectivity index (χ2n) is 8.78. The first-order chi connectivity index (χ1) is 17.0. The fourth-order valence-corrected chi connectivity index (χ4v) is 4.90. The van der Waals surface area contributed by atoms with Crippen molar-refractivity contribution >= 4 is 11.6 Å². The lowest BCUT2D eigenvalue weighted by Crippen LogP contribution is -2.56. The molecule has 2 aliphatic heterocycles. The standard InChI is InChI=1S/C26H27FN4O4/c1-16-10-23(33-2)22(12-28-16)30-14-18-6-7-19(15-30)31(18)26(32)21-11-24(34-3)25(13-29-21)35-20-8-4-17(27)5-9-20/h4-5,8-13,18-19H,6-7,14-15H2,1-3H3. The molecule has 9 heteroatoms. The molecule has 2 aliphatic rings. The number of pyridine rings is 2. The Balaban J connectivity index is 1.34. The van der Waals surface area contributed by atoms with Crippen LogP contribution >= 0.6 is 0 Å². The van der Waals surface area contributed by atoms with Gasteiger partial charge in [0.05, 0.1) is 44.4 Å². The van der Waals surface area contributed by atoms with Crippen molar-refractivity contribution in [1.29, 1.82) is 0 Å². The molecule has 2 atom stereocenters. The van der Waals surface area contributed by atoms with Gasteiger partial charge in [0.1, 0.15) is 23.0 Å². The number of benzene rings is 1. The van der Waals surface area contributed by atoms with Gasteiger partial charge in [0.15, 0.2) is 11.5 Å². The van der Waals surface area contributed by atoms with E-state index < -0.39 is 0 Å². The van der Waals surface area contributed by atoms with Crippen molar-refractivity contribution in [3.63, 3.8) is 0 Å². The highest BCUT2D eigenvalue weighted by Crippen LogP contribution is 2.38. The predicted octanol–water partition coefficient (Wildman–Crippen LogP) is 4.23. The third kappa shape index (κ3) is 4.45. The predicted molar refractivity (Wildman–Crippen MR) is 128 cm³/mol. The second kappa shape index (κ2) is 9.40. The van der Waals surface area contributed by atoms with Gasteiger partial charge in [-0.05, 0) is 44.0 Å². The largest absolute Gasteiger partial charge is 0.494 e. The number of hydrogen-bond donors (Lipinski definition) is 0. The van der Waals surface area contributed by atoms with Crippen molar-refractivity contribution in [3.05, 3.63) is 66.0 Å². The molecule has 0 saturated carbocycles. The zero-order valence-corrected chi connectivity index (χ0v) is 19.9. The Hall–Kier alpha value is -3.88. The first-order valence-electron chi connectivity index (χ1n) is 11.5. The monoisotopic (exact) mass is 478 g/mol. The summed E-state index contributed by atoms with van der Waals surface area (Å²) in [5.74, 6) is 1.49. The molecular formula is C26H27FN4O4. The molecule has 0 N–H and O–H groups in total. The topological polar surface area (TPSA) is 77.0 Å². The van der Waals surface area contributed by atoms with E-state index in [1.807, 2.05) is 24.1 Å². The van der Waals surface area contributed by atoms with E-state index in [1.165, 1.54) is 37.6 Å². The Bertz CT molecular complexity index is 1220. The van der Waals surface area contributed by atoms with Crippen LogP contribution in [0.25, 0.3) is 0 Å². The van der Waals surface area contributed by atoms with Crippen LogP contribution in [0, 0.1) is 12.7 Å². The summed E-state index contributed by atoms with van der Waals surface area (Å²) in [6.07, 6.45) is 5.17. The zero-order valence-electron chi connectivity index (χ0n) is 19.9. The van der Waals surface area contributed by atoms with Crippen molar-refractivity contribution in [2.75, 3.05) is 32.2 Å². The van der Waals surface area contributed by atoms with Crippen molar-refractivity contribution in [3.8, 4) is 23.0 Å². The molecule has 2 aromatic heterocycles. The number of fused-ring (bicyclic) bond motifs is 2.